The number of anilines is 1. The average Bonchev–Trinajstić information content (AvgIpc) is 3.11. The second kappa shape index (κ2) is 9.25. The molecule has 0 spiro atoms. The van der Waals surface area contributed by atoms with Crippen molar-refractivity contribution in [2.45, 2.75) is 13.5 Å². The molecule has 0 radical (unpaired) electrons. The normalized spacial score (nSPS) is 10.7. The highest BCUT2D eigenvalue weighted by atomic mass is 16.5. The molecule has 3 aromatic rings. The Kier molecular flexibility index (Phi) is 6.51. The molecule has 0 atom stereocenters. The summed E-state index contributed by atoms with van der Waals surface area (Å²) in [6, 6.07) is 14.4. The molecule has 0 aliphatic carbocycles. The molecule has 0 aliphatic heterocycles. The second-order valence-corrected chi connectivity index (χ2v) is 6.48. The predicted octanol–water partition coefficient (Wildman–Crippen LogP) is 3.30. The first kappa shape index (κ1) is 20.4. The van der Waals surface area contributed by atoms with E-state index in [0.29, 0.717) is 42.4 Å². The smallest absolute Gasteiger partial charge is 0.268 e. The van der Waals surface area contributed by atoms with E-state index in [1.54, 1.807) is 38.5 Å². The van der Waals surface area contributed by atoms with Crippen molar-refractivity contribution in [3.05, 3.63) is 59.8 Å². The van der Waals surface area contributed by atoms with Crippen molar-refractivity contribution in [2.24, 2.45) is 0 Å². The summed E-state index contributed by atoms with van der Waals surface area (Å²) in [7, 11) is 3.18. The highest BCUT2D eigenvalue weighted by molar-refractivity contribution is 6.06. The molecule has 7 nitrogen and oxygen atoms in total. The van der Waals surface area contributed by atoms with E-state index >= 15 is 0 Å². The number of nitrogens with zero attached hydrogens (tertiary/aromatic N) is 1. The number of ether oxygens (including phenoxy) is 2. The van der Waals surface area contributed by atoms with E-state index in [1.807, 2.05) is 35.8 Å². The zero-order valence-electron chi connectivity index (χ0n) is 16.8. The highest BCUT2D eigenvalue weighted by Gasteiger charge is 2.15. The van der Waals surface area contributed by atoms with E-state index < -0.39 is 0 Å². The fraction of sp³-hybridized carbons (Fsp3) is 0.273. The minimum Gasteiger partial charge on any atom is -0.497 e. The van der Waals surface area contributed by atoms with Crippen LogP contribution in [0.25, 0.3) is 10.9 Å². The number of methoxy groups -OCH3 is 2. The Hall–Kier alpha value is -3.32. The first-order valence-electron chi connectivity index (χ1n) is 9.43. The second-order valence-electron chi connectivity index (χ2n) is 6.48. The van der Waals surface area contributed by atoms with Crippen LogP contribution in [0.3, 0.4) is 0 Å². The van der Waals surface area contributed by atoms with Crippen LogP contribution in [-0.2, 0) is 11.3 Å². The van der Waals surface area contributed by atoms with E-state index in [-0.39, 0.29) is 11.8 Å². The van der Waals surface area contributed by atoms with Gasteiger partial charge in [0.1, 0.15) is 11.4 Å². The van der Waals surface area contributed by atoms with Crippen LogP contribution in [0.4, 0.5) is 5.69 Å². The number of fused-ring (bicyclic) bond motifs is 1. The van der Waals surface area contributed by atoms with Crippen LogP contribution >= 0.6 is 0 Å². The molecule has 2 N–H and O–H groups in total. The lowest BCUT2D eigenvalue weighted by Gasteiger charge is -2.09. The fourth-order valence-corrected chi connectivity index (χ4v) is 3.18. The van der Waals surface area contributed by atoms with Gasteiger partial charge in [-0.1, -0.05) is 0 Å². The van der Waals surface area contributed by atoms with Gasteiger partial charge in [0.25, 0.3) is 11.8 Å². The molecular weight excluding hydrogens is 370 g/mol. The number of rotatable bonds is 8. The number of hydrogen-bond acceptors (Lipinski definition) is 4. The minimum atomic E-state index is -0.209. The van der Waals surface area contributed by atoms with E-state index in [4.69, 9.17) is 9.47 Å². The Balaban J connectivity index is 1.81. The summed E-state index contributed by atoms with van der Waals surface area (Å²) in [4.78, 5) is 25.0. The summed E-state index contributed by atoms with van der Waals surface area (Å²) in [6.45, 7) is 3.56. The maximum atomic E-state index is 12.5. The van der Waals surface area contributed by atoms with Gasteiger partial charge in [0.05, 0.1) is 13.7 Å². The average molecular weight is 395 g/mol. The van der Waals surface area contributed by atoms with Crippen LogP contribution in [0.5, 0.6) is 5.75 Å². The van der Waals surface area contributed by atoms with Gasteiger partial charge in [0.2, 0.25) is 0 Å². The summed E-state index contributed by atoms with van der Waals surface area (Å²) < 4.78 is 12.0. The van der Waals surface area contributed by atoms with E-state index in [9.17, 15) is 9.59 Å². The van der Waals surface area contributed by atoms with Crippen LogP contribution in [-0.4, -0.2) is 43.8 Å². The Morgan fingerprint density at radius 1 is 1.00 bits per heavy atom. The number of aromatic nitrogens is 1. The first-order valence-corrected chi connectivity index (χ1v) is 9.43. The first-order chi connectivity index (χ1) is 14.1. The molecule has 0 fully saturated rings. The lowest BCUT2D eigenvalue weighted by molar-refractivity contribution is 0.0928. The predicted molar refractivity (Wildman–Crippen MR) is 113 cm³/mol. The molecule has 29 heavy (non-hydrogen) atoms. The number of aryl methyl sites for hydroxylation is 1. The van der Waals surface area contributed by atoms with Gasteiger partial charge in [0.15, 0.2) is 0 Å². The number of benzene rings is 2. The van der Waals surface area contributed by atoms with Gasteiger partial charge in [-0.05, 0) is 55.5 Å². The number of amides is 2. The molecule has 1 aromatic heterocycles. The maximum absolute atomic E-state index is 12.5. The third-order valence-corrected chi connectivity index (χ3v) is 4.65. The van der Waals surface area contributed by atoms with E-state index in [0.717, 1.165) is 10.9 Å². The SMILES string of the molecule is CCn1c(C(=O)NCCOC)cc2cc(NC(=O)c3ccc(OC)cc3)ccc21. The summed E-state index contributed by atoms with van der Waals surface area (Å²) in [5.74, 6) is 0.337. The number of hydrogen-bond donors (Lipinski definition) is 2. The molecule has 0 aliphatic rings. The Morgan fingerprint density at radius 2 is 1.76 bits per heavy atom. The largest absolute Gasteiger partial charge is 0.497 e. The van der Waals surface area contributed by atoms with Gasteiger partial charge in [0, 0.05) is 42.4 Å². The van der Waals surface area contributed by atoms with E-state index in [1.165, 1.54) is 0 Å². The summed E-state index contributed by atoms with van der Waals surface area (Å²) >= 11 is 0. The molecule has 2 aromatic carbocycles. The summed E-state index contributed by atoms with van der Waals surface area (Å²) in [5, 5.41) is 6.63. The third-order valence-electron chi connectivity index (χ3n) is 4.65. The topological polar surface area (TPSA) is 81.6 Å². The van der Waals surface area contributed by atoms with E-state index in [2.05, 4.69) is 10.6 Å². The lowest BCUT2D eigenvalue weighted by Crippen LogP contribution is -2.28. The van der Waals surface area contributed by atoms with Crippen molar-refractivity contribution >= 4 is 28.4 Å². The zero-order chi connectivity index (χ0) is 20.8. The third kappa shape index (κ3) is 4.57. The molecule has 1 heterocycles. The Morgan fingerprint density at radius 3 is 2.41 bits per heavy atom. The molecule has 2 amide bonds. The standard InChI is InChI=1S/C22H25N3O4/c1-4-25-19-10-7-17(24-21(26)15-5-8-18(29-3)9-6-15)13-16(19)14-20(25)22(27)23-11-12-28-2/h5-10,13-14H,4,11-12H2,1-3H3,(H,23,27)(H,24,26). The molecule has 152 valence electrons. The van der Waals surface area contributed by atoms with Crippen molar-refractivity contribution in [2.75, 3.05) is 32.7 Å². The fourth-order valence-electron chi connectivity index (χ4n) is 3.18. The number of carbonyl (C=O) groups is 2. The van der Waals surface area contributed by atoms with Crippen molar-refractivity contribution < 1.29 is 19.1 Å². The molecular formula is C22H25N3O4. The number of carbonyl (C=O) groups excluding carboxylic acids is 2. The van der Waals surface area contributed by atoms with Crippen molar-refractivity contribution in [1.29, 1.82) is 0 Å². The molecule has 0 saturated carbocycles. The highest BCUT2D eigenvalue weighted by Crippen LogP contribution is 2.24. The molecule has 0 unspecified atom stereocenters. The number of nitrogens with one attached hydrogen (secondary N) is 2. The van der Waals surface area contributed by atoms with Gasteiger partial charge in [-0.25, -0.2) is 0 Å². The van der Waals surface area contributed by atoms with Crippen molar-refractivity contribution in [3.8, 4) is 5.75 Å². The summed E-state index contributed by atoms with van der Waals surface area (Å²) in [5.41, 5.74) is 2.72. The van der Waals surface area contributed by atoms with Gasteiger partial charge < -0.3 is 24.7 Å². The Bertz CT molecular complexity index is 1010. The van der Waals surface area contributed by atoms with Crippen LogP contribution in [0, 0.1) is 0 Å². The van der Waals surface area contributed by atoms with Crippen molar-refractivity contribution in [1.82, 2.24) is 9.88 Å². The van der Waals surface area contributed by atoms with Crippen molar-refractivity contribution in [3.63, 3.8) is 0 Å². The van der Waals surface area contributed by atoms with Crippen LogP contribution < -0.4 is 15.4 Å². The van der Waals surface area contributed by atoms with Crippen LogP contribution in [0.2, 0.25) is 0 Å². The van der Waals surface area contributed by atoms with Gasteiger partial charge in [-0.3, -0.25) is 9.59 Å². The monoisotopic (exact) mass is 395 g/mol. The Labute approximate surface area is 169 Å². The molecule has 7 heteroatoms. The van der Waals surface area contributed by atoms with Gasteiger partial charge in [-0.2, -0.15) is 0 Å². The maximum Gasteiger partial charge on any atom is 0.268 e. The van der Waals surface area contributed by atoms with Gasteiger partial charge >= 0.3 is 0 Å². The molecule has 0 bridgehead atoms. The summed E-state index contributed by atoms with van der Waals surface area (Å²) in [6.07, 6.45) is 0. The van der Waals surface area contributed by atoms with Crippen LogP contribution in [0.15, 0.2) is 48.5 Å². The minimum absolute atomic E-state index is 0.149. The quantitative estimate of drug-likeness (QED) is 0.574. The van der Waals surface area contributed by atoms with Gasteiger partial charge in [-0.15, -0.1) is 0 Å². The van der Waals surface area contributed by atoms with Crippen LogP contribution in [0.1, 0.15) is 27.8 Å². The molecule has 3 rings (SSSR count). The molecule has 0 saturated heterocycles. The lowest BCUT2D eigenvalue weighted by atomic mass is 10.2. The zero-order valence-corrected chi connectivity index (χ0v) is 16.8.